The zero-order valence-electron chi connectivity index (χ0n) is 26.8. The Labute approximate surface area is 271 Å². The lowest BCUT2D eigenvalue weighted by Crippen LogP contribution is -2.58. The van der Waals surface area contributed by atoms with Gasteiger partial charge in [-0.05, 0) is 57.2 Å². The molecule has 1 aromatic carbocycles. The minimum Gasteiger partial charge on any atom is -0.444 e. The largest absolute Gasteiger partial charge is 0.444 e. The van der Waals surface area contributed by atoms with Crippen LogP contribution in [0.5, 0.6) is 0 Å². The van der Waals surface area contributed by atoms with Crippen molar-refractivity contribution < 1.29 is 22.5 Å². The second-order valence-corrected chi connectivity index (χ2v) is 14.8. The maximum Gasteiger partial charge on any atom is 0.410 e. The summed E-state index contributed by atoms with van der Waals surface area (Å²) < 4.78 is 52.8. The zero-order chi connectivity index (χ0) is 34.1. The maximum absolute atomic E-state index is 14.0. The molecule has 1 unspecified atom stereocenters. The number of piperazine rings is 1. The summed E-state index contributed by atoms with van der Waals surface area (Å²) in [5, 5.41) is 3.38. The molecule has 0 bridgehead atoms. The van der Waals surface area contributed by atoms with Gasteiger partial charge in [-0.2, -0.15) is 9.35 Å². The number of benzene rings is 1. The SMILES string of the molecule is C=CCn1c(=O)c2cnc(Nc3ccc(N4CCN(C(=O)OC(C)(C)C)C(C(F)F)C4)cc3)nc2n1-c1cccc(N=S(C)(C)=O)n1. The van der Waals surface area contributed by atoms with Crippen LogP contribution in [0.1, 0.15) is 20.8 Å². The predicted molar refractivity (Wildman–Crippen MR) is 178 cm³/mol. The molecule has 1 N–H and O–H groups in total. The van der Waals surface area contributed by atoms with Crippen molar-refractivity contribution in [2.45, 2.75) is 45.4 Å². The molecule has 4 heterocycles. The van der Waals surface area contributed by atoms with Crippen molar-refractivity contribution in [3.63, 3.8) is 0 Å². The quantitative estimate of drug-likeness (QED) is 0.258. The second-order valence-electron chi connectivity index (χ2n) is 12.2. The first-order valence-corrected chi connectivity index (χ1v) is 17.1. The lowest BCUT2D eigenvalue weighted by atomic mass is 10.1. The van der Waals surface area contributed by atoms with Gasteiger partial charge in [-0.1, -0.05) is 12.1 Å². The predicted octanol–water partition coefficient (Wildman–Crippen LogP) is 4.96. The van der Waals surface area contributed by atoms with Crippen molar-refractivity contribution >= 4 is 50.0 Å². The summed E-state index contributed by atoms with van der Waals surface area (Å²) in [6.45, 7) is 9.39. The number of hydrogen-bond acceptors (Lipinski definition) is 10. The molecule has 13 nitrogen and oxygen atoms in total. The number of nitrogens with one attached hydrogen (secondary N) is 1. The van der Waals surface area contributed by atoms with E-state index in [2.05, 4.69) is 31.2 Å². The molecule has 0 radical (unpaired) electrons. The monoisotopic (exact) mass is 669 g/mol. The molecular formula is C31H37F2N9O4S. The zero-order valence-corrected chi connectivity index (χ0v) is 27.6. The normalized spacial score (nSPS) is 15.6. The summed E-state index contributed by atoms with van der Waals surface area (Å²) in [4.78, 5) is 42.2. The molecule has 47 heavy (non-hydrogen) atoms. The molecule has 1 amide bonds. The lowest BCUT2D eigenvalue weighted by molar-refractivity contribution is -0.0179. The van der Waals surface area contributed by atoms with Crippen LogP contribution in [0, 0.1) is 0 Å². The number of fused-ring (bicyclic) bond motifs is 1. The number of allylic oxidation sites excluding steroid dienone is 1. The Balaban J connectivity index is 1.40. The number of hydrogen-bond donors (Lipinski definition) is 1. The van der Waals surface area contributed by atoms with Gasteiger partial charge in [0.15, 0.2) is 17.3 Å². The molecule has 1 aliphatic rings. The van der Waals surface area contributed by atoms with E-state index in [9.17, 15) is 22.6 Å². The first-order chi connectivity index (χ1) is 22.1. The van der Waals surface area contributed by atoms with Crippen LogP contribution in [-0.2, 0) is 21.0 Å². The fraction of sp³-hybridized carbons (Fsp3) is 0.387. The number of anilines is 3. The van der Waals surface area contributed by atoms with E-state index in [4.69, 9.17) is 4.74 Å². The van der Waals surface area contributed by atoms with Crippen molar-refractivity contribution in [2.24, 2.45) is 4.36 Å². The second kappa shape index (κ2) is 13.1. The fourth-order valence-corrected chi connectivity index (χ4v) is 5.66. The molecule has 250 valence electrons. The first kappa shape index (κ1) is 33.5. The van der Waals surface area contributed by atoms with Gasteiger partial charge in [0, 0.05) is 59.4 Å². The van der Waals surface area contributed by atoms with Gasteiger partial charge in [-0.25, -0.2) is 37.1 Å². The molecular weight excluding hydrogens is 632 g/mol. The van der Waals surface area contributed by atoms with Gasteiger partial charge in [0.25, 0.3) is 12.0 Å². The third-order valence-electron chi connectivity index (χ3n) is 7.05. The summed E-state index contributed by atoms with van der Waals surface area (Å²) >= 11 is 0. The van der Waals surface area contributed by atoms with E-state index in [1.165, 1.54) is 28.1 Å². The molecule has 0 saturated carbocycles. The van der Waals surface area contributed by atoms with Gasteiger partial charge in [-0.3, -0.25) is 9.69 Å². The molecule has 4 aromatic rings. The van der Waals surface area contributed by atoms with Gasteiger partial charge in [0.05, 0.1) is 6.54 Å². The van der Waals surface area contributed by atoms with Gasteiger partial charge in [-0.15, -0.1) is 6.58 Å². The number of rotatable bonds is 8. The summed E-state index contributed by atoms with van der Waals surface area (Å²) in [5.74, 6) is 0.784. The van der Waals surface area contributed by atoms with E-state index < -0.39 is 33.9 Å². The minimum absolute atomic E-state index is 0.0567. The molecule has 1 aliphatic heterocycles. The first-order valence-electron chi connectivity index (χ1n) is 14.8. The van der Waals surface area contributed by atoms with Crippen LogP contribution in [0.15, 0.2) is 70.5 Å². The van der Waals surface area contributed by atoms with Crippen LogP contribution in [0.4, 0.5) is 36.7 Å². The average molecular weight is 670 g/mol. The van der Waals surface area contributed by atoms with Crippen molar-refractivity contribution in [2.75, 3.05) is 42.4 Å². The van der Waals surface area contributed by atoms with Crippen LogP contribution < -0.4 is 15.8 Å². The van der Waals surface area contributed by atoms with E-state index in [1.807, 2.05) is 0 Å². The Hall–Kier alpha value is -4.86. The number of halogens is 2. The van der Waals surface area contributed by atoms with E-state index in [-0.39, 0.29) is 48.0 Å². The molecule has 3 aromatic heterocycles. The van der Waals surface area contributed by atoms with Crippen molar-refractivity contribution in [3.05, 3.63) is 71.7 Å². The average Bonchev–Trinajstić information content (AvgIpc) is 3.26. The Morgan fingerprint density at radius 1 is 1.17 bits per heavy atom. The lowest BCUT2D eigenvalue weighted by Gasteiger charge is -2.42. The number of aromatic nitrogens is 5. The molecule has 1 saturated heterocycles. The number of carbonyl (C=O) groups excluding carboxylic acids is 1. The number of pyridine rings is 1. The van der Waals surface area contributed by atoms with Gasteiger partial charge in [0.1, 0.15) is 17.0 Å². The molecule has 0 aliphatic carbocycles. The number of carbonyl (C=O) groups is 1. The van der Waals surface area contributed by atoms with Crippen LogP contribution in [0.2, 0.25) is 0 Å². The molecule has 1 atom stereocenters. The number of alkyl halides is 2. The van der Waals surface area contributed by atoms with Crippen LogP contribution in [0.3, 0.4) is 0 Å². The molecule has 1 fully saturated rings. The van der Waals surface area contributed by atoms with E-state index in [1.54, 1.807) is 74.2 Å². The third kappa shape index (κ3) is 7.76. The van der Waals surface area contributed by atoms with E-state index >= 15 is 0 Å². The van der Waals surface area contributed by atoms with Gasteiger partial charge < -0.3 is 15.0 Å². The Kier molecular flexibility index (Phi) is 9.34. The highest BCUT2D eigenvalue weighted by Gasteiger charge is 2.38. The Morgan fingerprint density at radius 3 is 2.53 bits per heavy atom. The summed E-state index contributed by atoms with van der Waals surface area (Å²) in [5.41, 5.74) is 0.467. The fourth-order valence-electron chi connectivity index (χ4n) is 5.11. The minimum atomic E-state index is -2.75. The van der Waals surface area contributed by atoms with Crippen LogP contribution in [-0.4, -0.2) is 89.7 Å². The summed E-state index contributed by atoms with van der Waals surface area (Å²) in [6.07, 6.45) is 2.50. The van der Waals surface area contributed by atoms with Crippen LogP contribution >= 0.6 is 0 Å². The van der Waals surface area contributed by atoms with E-state index in [0.29, 0.717) is 23.7 Å². The molecule has 0 spiro atoms. The van der Waals surface area contributed by atoms with Crippen molar-refractivity contribution in [3.8, 4) is 5.82 Å². The number of ether oxygens (including phenoxy) is 1. The highest BCUT2D eigenvalue weighted by molar-refractivity contribution is 7.92. The topological polar surface area (TPSA) is 140 Å². The summed E-state index contributed by atoms with van der Waals surface area (Å²) in [6, 6.07) is 10.8. The third-order valence-corrected chi connectivity index (χ3v) is 7.68. The standard InChI is InChI=1S/C31H37F2N9O4S/c1-7-15-41-28(43)22-18-34-29(37-27(22)42(41)25-10-8-9-24(36-25)38-47(5,6)45)35-20-11-13-21(14-12-20)39-16-17-40(23(19-39)26(32)33)30(44)46-31(2,3)4/h7-14,18,23,26H,1,15-17,19H2,2-6H3,(H,34,35,37). The van der Waals surface area contributed by atoms with Crippen molar-refractivity contribution in [1.29, 1.82) is 0 Å². The highest BCUT2D eigenvalue weighted by Crippen LogP contribution is 2.27. The highest BCUT2D eigenvalue weighted by atomic mass is 32.2. The maximum atomic E-state index is 14.0. The number of amides is 1. The van der Waals surface area contributed by atoms with Gasteiger partial charge in [0.2, 0.25) is 5.95 Å². The van der Waals surface area contributed by atoms with E-state index in [0.717, 1.165) is 4.90 Å². The molecule has 5 rings (SSSR count). The number of nitrogens with zero attached hydrogens (tertiary/aromatic N) is 8. The Bertz CT molecular complexity index is 1970. The smallest absolute Gasteiger partial charge is 0.410 e. The summed E-state index contributed by atoms with van der Waals surface area (Å²) in [7, 11) is -2.48. The van der Waals surface area contributed by atoms with Crippen LogP contribution in [0.25, 0.3) is 16.9 Å². The Morgan fingerprint density at radius 2 is 1.89 bits per heavy atom. The molecule has 16 heteroatoms. The van der Waals surface area contributed by atoms with Crippen molar-refractivity contribution in [1.82, 2.24) is 29.2 Å². The van der Waals surface area contributed by atoms with Gasteiger partial charge >= 0.3 is 6.09 Å².